The first kappa shape index (κ1) is 15.2. The second kappa shape index (κ2) is 6.53. The molecule has 0 heterocycles. The molecule has 7 heteroatoms. The van der Waals surface area contributed by atoms with Crippen LogP contribution in [0, 0.1) is 16.0 Å². The smallest absolute Gasteiger partial charge is 0.270 e. The minimum atomic E-state index is -0.529. The van der Waals surface area contributed by atoms with Crippen LogP contribution in [-0.2, 0) is 0 Å². The second-order valence-corrected chi connectivity index (χ2v) is 5.39. The van der Waals surface area contributed by atoms with E-state index < -0.39 is 4.92 Å². The molecule has 21 heavy (non-hydrogen) atoms. The zero-order chi connectivity index (χ0) is 15.4. The lowest BCUT2D eigenvalue weighted by atomic mass is 10.1. The number of hydrogen-bond donors (Lipinski definition) is 3. The van der Waals surface area contributed by atoms with Crippen LogP contribution in [0.1, 0.15) is 43.0 Å². The van der Waals surface area contributed by atoms with Gasteiger partial charge in [-0.15, -0.1) is 0 Å². The van der Waals surface area contributed by atoms with Gasteiger partial charge in [0.1, 0.15) is 0 Å². The number of nitro benzene ring substituents is 1. The van der Waals surface area contributed by atoms with E-state index in [0.29, 0.717) is 11.6 Å². The van der Waals surface area contributed by atoms with Crippen LogP contribution in [0.4, 0.5) is 11.4 Å². The zero-order valence-electron chi connectivity index (χ0n) is 12.0. The molecule has 0 spiro atoms. The first-order valence-electron chi connectivity index (χ1n) is 7.11. The Kier molecular flexibility index (Phi) is 4.74. The molecule has 1 aromatic carbocycles. The van der Waals surface area contributed by atoms with Gasteiger partial charge >= 0.3 is 0 Å². The molecule has 1 saturated carbocycles. The number of carbonyl (C=O) groups excluding carboxylic acids is 1. The number of nitrogens with one attached hydrogen (secondary N) is 2. The fourth-order valence-electron chi connectivity index (χ4n) is 2.31. The number of rotatable bonds is 7. The van der Waals surface area contributed by atoms with Gasteiger partial charge in [0.2, 0.25) is 0 Å². The molecule has 1 fully saturated rings. The van der Waals surface area contributed by atoms with E-state index in [-0.39, 0.29) is 23.2 Å². The second-order valence-electron chi connectivity index (χ2n) is 5.39. The molecule has 0 saturated heterocycles. The molecule has 1 aliphatic carbocycles. The molecule has 114 valence electrons. The number of anilines is 1. The number of carbonyl (C=O) groups is 1. The largest absolute Gasteiger partial charge is 0.349 e. The van der Waals surface area contributed by atoms with Crippen LogP contribution in [0.5, 0.6) is 0 Å². The first-order valence-corrected chi connectivity index (χ1v) is 7.11. The van der Waals surface area contributed by atoms with Gasteiger partial charge in [-0.25, -0.2) is 0 Å². The van der Waals surface area contributed by atoms with Crippen LogP contribution < -0.4 is 16.6 Å². The van der Waals surface area contributed by atoms with E-state index in [1.807, 2.05) is 6.92 Å². The summed E-state index contributed by atoms with van der Waals surface area (Å²) in [5, 5.41) is 13.8. The van der Waals surface area contributed by atoms with Crippen LogP contribution in [0.3, 0.4) is 0 Å². The first-order chi connectivity index (χ1) is 10.0. The maximum absolute atomic E-state index is 12.3. The minimum absolute atomic E-state index is 0.0925. The van der Waals surface area contributed by atoms with E-state index in [9.17, 15) is 14.9 Å². The molecule has 0 bridgehead atoms. The summed E-state index contributed by atoms with van der Waals surface area (Å²) < 4.78 is 0. The SMILES string of the molecule is CCC(CC1CC1)NC(=O)c1cc([N+](=O)[O-])ccc1NN. The lowest BCUT2D eigenvalue weighted by molar-refractivity contribution is -0.384. The van der Waals surface area contributed by atoms with E-state index in [1.165, 1.54) is 31.0 Å². The van der Waals surface area contributed by atoms with Crippen molar-refractivity contribution in [1.82, 2.24) is 5.32 Å². The Bertz CT molecular complexity index is 543. The third kappa shape index (κ3) is 3.91. The Morgan fingerprint density at radius 3 is 2.76 bits per heavy atom. The summed E-state index contributed by atoms with van der Waals surface area (Å²) in [7, 11) is 0. The third-order valence-electron chi connectivity index (χ3n) is 3.76. The summed E-state index contributed by atoms with van der Waals surface area (Å²) in [5.74, 6) is 5.74. The maximum Gasteiger partial charge on any atom is 0.270 e. The topological polar surface area (TPSA) is 110 Å². The van der Waals surface area contributed by atoms with Gasteiger partial charge in [0, 0.05) is 18.2 Å². The monoisotopic (exact) mass is 292 g/mol. The van der Waals surface area contributed by atoms with Crippen LogP contribution >= 0.6 is 0 Å². The van der Waals surface area contributed by atoms with Crippen LogP contribution in [-0.4, -0.2) is 16.9 Å². The molecule has 0 aromatic heterocycles. The average Bonchev–Trinajstić information content (AvgIpc) is 3.29. The number of benzene rings is 1. The minimum Gasteiger partial charge on any atom is -0.349 e. The Labute approximate surface area is 123 Å². The van der Waals surface area contributed by atoms with Gasteiger partial charge in [0.25, 0.3) is 11.6 Å². The number of nitrogens with two attached hydrogens (primary N) is 1. The summed E-state index contributed by atoms with van der Waals surface area (Å²) in [6.45, 7) is 2.02. The van der Waals surface area contributed by atoms with E-state index in [4.69, 9.17) is 5.84 Å². The summed E-state index contributed by atoms with van der Waals surface area (Å²) >= 11 is 0. The van der Waals surface area contributed by atoms with Crippen molar-refractivity contribution in [1.29, 1.82) is 0 Å². The Balaban J connectivity index is 2.15. The van der Waals surface area contributed by atoms with E-state index >= 15 is 0 Å². The molecule has 1 atom stereocenters. The van der Waals surface area contributed by atoms with Gasteiger partial charge in [-0.3, -0.25) is 20.8 Å². The highest BCUT2D eigenvalue weighted by Crippen LogP contribution is 2.34. The Morgan fingerprint density at radius 2 is 2.24 bits per heavy atom. The molecular formula is C14H20N4O3. The lowest BCUT2D eigenvalue weighted by Crippen LogP contribution is -2.35. The molecule has 0 aliphatic heterocycles. The number of amides is 1. The quantitative estimate of drug-likeness (QED) is 0.405. The average molecular weight is 292 g/mol. The highest BCUT2D eigenvalue weighted by molar-refractivity contribution is 6.00. The van der Waals surface area contributed by atoms with Gasteiger partial charge in [-0.05, 0) is 24.8 Å². The van der Waals surface area contributed by atoms with Gasteiger partial charge in [-0.1, -0.05) is 19.8 Å². The molecule has 0 radical (unpaired) electrons. The molecule has 1 aliphatic rings. The van der Waals surface area contributed by atoms with Crippen LogP contribution in [0.15, 0.2) is 18.2 Å². The highest BCUT2D eigenvalue weighted by atomic mass is 16.6. The van der Waals surface area contributed by atoms with Gasteiger partial charge in [0.15, 0.2) is 0 Å². The highest BCUT2D eigenvalue weighted by Gasteiger charge is 2.26. The van der Waals surface area contributed by atoms with E-state index in [2.05, 4.69) is 10.7 Å². The van der Waals surface area contributed by atoms with Crippen molar-refractivity contribution in [2.75, 3.05) is 5.43 Å². The number of nitro groups is 1. The fourth-order valence-corrected chi connectivity index (χ4v) is 2.31. The zero-order valence-corrected chi connectivity index (χ0v) is 12.0. The van der Waals surface area contributed by atoms with Gasteiger partial charge < -0.3 is 10.7 Å². The summed E-state index contributed by atoms with van der Waals surface area (Å²) in [6.07, 6.45) is 4.24. The van der Waals surface area contributed by atoms with E-state index in [1.54, 1.807) is 0 Å². The molecule has 2 rings (SSSR count). The Hall–Kier alpha value is -2.15. The van der Waals surface area contributed by atoms with Crippen LogP contribution in [0.2, 0.25) is 0 Å². The summed E-state index contributed by atoms with van der Waals surface area (Å²) in [6, 6.07) is 4.09. The van der Waals surface area contributed by atoms with Crippen molar-refractivity contribution < 1.29 is 9.72 Å². The number of non-ortho nitro benzene ring substituents is 1. The lowest BCUT2D eigenvalue weighted by Gasteiger charge is -2.17. The predicted octanol–water partition coefficient (Wildman–Crippen LogP) is 2.19. The van der Waals surface area contributed by atoms with Crippen molar-refractivity contribution in [3.05, 3.63) is 33.9 Å². The summed E-state index contributed by atoms with van der Waals surface area (Å²) in [5.41, 5.74) is 2.84. The normalized spacial score (nSPS) is 15.3. The van der Waals surface area contributed by atoms with Crippen LogP contribution in [0.25, 0.3) is 0 Å². The molecule has 1 unspecified atom stereocenters. The Morgan fingerprint density at radius 1 is 1.52 bits per heavy atom. The molecular weight excluding hydrogens is 272 g/mol. The number of nitrogen functional groups attached to an aromatic ring is 1. The van der Waals surface area contributed by atoms with Crippen molar-refractivity contribution in [3.8, 4) is 0 Å². The molecule has 4 N–H and O–H groups in total. The van der Waals surface area contributed by atoms with E-state index in [0.717, 1.165) is 12.8 Å². The van der Waals surface area contributed by atoms with Crippen molar-refractivity contribution in [3.63, 3.8) is 0 Å². The summed E-state index contributed by atoms with van der Waals surface area (Å²) in [4.78, 5) is 22.6. The van der Waals surface area contributed by atoms with Crippen molar-refractivity contribution >= 4 is 17.3 Å². The van der Waals surface area contributed by atoms with Crippen molar-refractivity contribution in [2.24, 2.45) is 11.8 Å². The third-order valence-corrected chi connectivity index (χ3v) is 3.76. The fraction of sp³-hybridized carbons (Fsp3) is 0.500. The van der Waals surface area contributed by atoms with Gasteiger partial charge in [0.05, 0.1) is 16.2 Å². The number of nitrogens with zero attached hydrogens (tertiary/aromatic N) is 1. The number of hydrazine groups is 1. The standard InChI is InChI=1S/C14H20N4O3/c1-2-10(7-9-3-4-9)16-14(19)12-8-11(18(20)21)5-6-13(12)17-15/h5-6,8-10,17H,2-4,7,15H2,1H3,(H,16,19). The van der Waals surface area contributed by atoms with Crippen molar-refractivity contribution in [2.45, 2.75) is 38.6 Å². The number of hydrogen-bond acceptors (Lipinski definition) is 5. The molecule has 1 aromatic rings. The maximum atomic E-state index is 12.3. The predicted molar refractivity (Wildman–Crippen MR) is 79.8 cm³/mol. The molecule has 1 amide bonds. The van der Waals surface area contributed by atoms with Gasteiger partial charge in [-0.2, -0.15) is 0 Å². The molecule has 7 nitrogen and oxygen atoms in total.